The first-order valence-electron chi connectivity index (χ1n) is 6.59. The third kappa shape index (κ3) is 2.85. The zero-order valence-corrected chi connectivity index (χ0v) is 13.5. The van der Waals surface area contributed by atoms with Crippen LogP contribution < -0.4 is 10.2 Å². The van der Waals surface area contributed by atoms with E-state index in [4.69, 9.17) is 9.31 Å². The van der Waals surface area contributed by atoms with Crippen molar-refractivity contribution in [3.63, 3.8) is 0 Å². The highest BCUT2D eigenvalue weighted by Gasteiger charge is 2.52. The van der Waals surface area contributed by atoms with E-state index in [-0.39, 0.29) is 10.4 Å². The van der Waals surface area contributed by atoms with Gasteiger partial charge in [-0.25, -0.2) is 17.5 Å². The minimum Gasteiger partial charge on any atom is -0.399 e. The van der Waals surface area contributed by atoms with Gasteiger partial charge in [0.05, 0.1) is 16.1 Å². The molecule has 8 heteroatoms. The summed E-state index contributed by atoms with van der Waals surface area (Å²) in [6.45, 7) is 7.46. The summed E-state index contributed by atoms with van der Waals surface area (Å²) in [7, 11) is -3.26. The van der Waals surface area contributed by atoms with Crippen molar-refractivity contribution >= 4 is 22.6 Å². The van der Waals surface area contributed by atoms with Gasteiger partial charge in [0.15, 0.2) is 0 Å². The van der Waals surface area contributed by atoms with Crippen LogP contribution in [0.15, 0.2) is 23.1 Å². The van der Waals surface area contributed by atoms with Crippen LogP contribution in [0.25, 0.3) is 0 Å². The number of sulfonamides is 1. The molecule has 1 fully saturated rings. The van der Waals surface area contributed by atoms with Crippen LogP contribution in [0.1, 0.15) is 27.7 Å². The Morgan fingerprint density at radius 2 is 1.67 bits per heavy atom. The van der Waals surface area contributed by atoms with E-state index < -0.39 is 34.2 Å². The maximum atomic E-state index is 14.2. The molecule has 21 heavy (non-hydrogen) atoms. The Morgan fingerprint density at radius 3 is 2.10 bits per heavy atom. The van der Waals surface area contributed by atoms with Gasteiger partial charge in [0, 0.05) is 5.46 Å². The molecule has 0 atom stereocenters. The Balaban J connectivity index is 2.36. The smallest absolute Gasteiger partial charge is 0.399 e. The van der Waals surface area contributed by atoms with Gasteiger partial charge in [-0.2, -0.15) is 0 Å². The van der Waals surface area contributed by atoms with Crippen LogP contribution in [-0.4, -0.2) is 33.8 Å². The second-order valence-corrected chi connectivity index (χ2v) is 7.87. The van der Waals surface area contributed by atoms with Crippen molar-refractivity contribution in [3.05, 3.63) is 24.0 Å². The summed E-state index contributed by atoms with van der Waals surface area (Å²) in [5.74, 6) is -0.676. The molecule has 0 spiro atoms. The molecule has 0 saturated carbocycles. The predicted molar refractivity (Wildman–Crippen MR) is 78.4 cm³/mol. The van der Waals surface area contributed by atoms with Crippen LogP contribution in [0.5, 0.6) is 0 Å². The van der Waals surface area contributed by atoms with E-state index in [0.717, 1.165) is 6.07 Å². The second-order valence-electron chi connectivity index (χ2n) is 5.98. The van der Waals surface area contributed by atoms with Crippen LogP contribution >= 0.6 is 0 Å². The van der Waals surface area contributed by atoms with E-state index in [2.05, 4.69) is 4.72 Å². The number of rotatable bonds is 3. The number of benzene rings is 1. The Morgan fingerprint density at radius 1 is 1.14 bits per heavy atom. The second kappa shape index (κ2) is 5.05. The lowest BCUT2D eigenvalue weighted by atomic mass is 9.79. The first-order valence-corrected chi connectivity index (χ1v) is 8.07. The van der Waals surface area contributed by atoms with Crippen molar-refractivity contribution in [1.29, 1.82) is 0 Å². The molecular formula is C13H19BFNO4S. The third-order valence-corrected chi connectivity index (χ3v) is 5.47. The molecule has 0 amide bonds. The number of nitrogens with one attached hydrogen (secondary N) is 1. The van der Waals surface area contributed by atoms with Gasteiger partial charge >= 0.3 is 7.12 Å². The fraction of sp³-hybridized carbons (Fsp3) is 0.538. The molecule has 1 saturated heterocycles. The van der Waals surface area contributed by atoms with Crippen LogP contribution in [-0.2, 0) is 19.3 Å². The summed E-state index contributed by atoms with van der Waals surface area (Å²) in [6, 6.07) is 3.67. The van der Waals surface area contributed by atoms with Gasteiger partial charge in [-0.1, -0.05) is 6.07 Å². The largest absolute Gasteiger partial charge is 0.497 e. The Labute approximate surface area is 125 Å². The molecule has 1 N–H and O–H groups in total. The highest BCUT2D eigenvalue weighted by atomic mass is 32.2. The van der Waals surface area contributed by atoms with E-state index >= 15 is 0 Å². The number of hydrogen-bond acceptors (Lipinski definition) is 4. The molecule has 1 heterocycles. The minimum atomic E-state index is -3.68. The van der Waals surface area contributed by atoms with Crippen molar-refractivity contribution in [3.8, 4) is 0 Å². The van der Waals surface area contributed by atoms with Gasteiger partial charge in [0.25, 0.3) is 0 Å². The van der Waals surface area contributed by atoms with Gasteiger partial charge in [0.1, 0.15) is 5.82 Å². The molecule has 0 aliphatic carbocycles. The number of halogens is 1. The van der Waals surface area contributed by atoms with Gasteiger partial charge in [0.2, 0.25) is 10.0 Å². The highest BCUT2D eigenvalue weighted by molar-refractivity contribution is 7.89. The molecule has 116 valence electrons. The summed E-state index contributed by atoms with van der Waals surface area (Å²) in [4.78, 5) is -0.136. The normalized spacial score (nSPS) is 20.8. The van der Waals surface area contributed by atoms with Crippen molar-refractivity contribution in [2.24, 2.45) is 0 Å². The van der Waals surface area contributed by atoms with Gasteiger partial charge in [-0.15, -0.1) is 0 Å². The van der Waals surface area contributed by atoms with E-state index in [9.17, 15) is 12.8 Å². The van der Waals surface area contributed by atoms with Crippen LogP contribution in [0.4, 0.5) is 4.39 Å². The van der Waals surface area contributed by atoms with Crippen LogP contribution in [0.3, 0.4) is 0 Å². The zero-order chi connectivity index (χ0) is 16.1. The summed E-state index contributed by atoms with van der Waals surface area (Å²) in [5, 5.41) is 0. The number of hydrogen-bond donors (Lipinski definition) is 1. The van der Waals surface area contributed by atoms with Crippen molar-refractivity contribution in [2.45, 2.75) is 43.8 Å². The third-order valence-electron chi connectivity index (χ3n) is 4.06. The first kappa shape index (κ1) is 16.4. The maximum absolute atomic E-state index is 14.2. The molecule has 0 unspecified atom stereocenters. The van der Waals surface area contributed by atoms with E-state index in [0.29, 0.717) is 0 Å². The average Bonchev–Trinajstić information content (AvgIpc) is 2.58. The molecule has 1 aliphatic heterocycles. The SMILES string of the molecule is CNS(=O)(=O)c1ccc(B2OC(C)(C)C(C)(C)O2)c(F)c1. The van der Waals surface area contributed by atoms with Gasteiger partial charge in [-0.3, -0.25) is 0 Å². The topological polar surface area (TPSA) is 64.6 Å². The Kier molecular flexibility index (Phi) is 3.95. The minimum absolute atomic E-state index is 0.136. The first-order chi connectivity index (χ1) is 9.50. The molecule has 1 aromatic carbocycles. The van der Waals surface area contributed by atoms with E-state index in [1.165, 1.54) is 19.2 Å². The van der Waals surface area contributed by atoms with E-state index in [1.807, 2.05) is 27.7 Å². The van der Waals surface area contributed by atoms with Gasteiger partial charge < -0.3 is 9.31 Å². The molecule has 2 rings (SSSR count). The molecule has 5 nitrogen and oxygen atoms in total. The lowest BCUT2D eigenvalue weighted by molar-refractivity contribution is 0.00578. The van der Waals surface area contributed by atoms with Crippen molar-refractivity contribution < 1.29 is 22.1 Å². The lowest BCUT2D eigenvalue weighted by Gasteiger charge is -2.32. The summed E-state index contributed by atoms with van der Waals surface area (Å²) < 4.78 is 51.2. The summed E-state index contributed by atoms with van der Waals surface area (Å²) >= 11 is 0. The fourth-order valence-electron chi connectivity index (χ4n) is 1.95. The molecular weight excluding hydrogens is 296 g/mol. The molecule has 1 aliphatic rings. The molecule has 0 radical (unpaired) electrons. The van der Waals surface area contributed by atoms with Crippen LogP contribution in [0.2, 0.25) is 0 Å². The monoisotopic (exact) mass is 315 g/mol. The van der Waals surface area contributed by atoms with Crippen LogP contribution in [0, 0.1) is 5.82 Å². The molecule has 0 aromatic heterocycles. The fourth-order valence-corrected chi connectivity index (χ4v) is 2.70. The lowest BCUT2D eigenvalue weighted by Crippen LogP contribution is -2.41. The Hall–Kier alpha value is -0.955. The zero-order valence-electron chi connectivity index (χ0n) is 12.7. The molecule has 1 aromatic rings. The van der Waals surface area contributed by atoms with Crippen molar-refractivity contribution in [1.82, 2.24) is 4.72 Å². The predicted octanol–water partition coefficient (Wildman–Crippen LogP) is 1.03. The van der Waals surface area contributed by atoms with E-state index in [1.54, 1.807) is 0 Å². The quantitative estimate of drug-likeness (QED) is 0.846. The summed E-state index contributed by atoms with van der Waals surface area (Å²) in [6.07, 6.45) is 0. The Bertz CT molecular complexity index is 644. The highest BCUT2D eigenvalue weighted by Crippen LogP contribution is 2.36. The maximum Gasteiger partial charge on any atom is 0.497 e. The van der Waals surface area contributed by atoms with Gasteiger partial charge in [-0.05, 0) is 46.9 Å². The van der Waals surface area contributed by atoms with Crippen molar-refractivity contribution in [2.75, 3.05) is 7.05 Å². The standard InChI is InChI=1S/C13H19BFNO4S/c1-12(2)13(3,4)20-14(19-12)10-7-6-9(8-11(10)15)21(17,18)16-5/h6-8,16H,1-5H3. The molecule has 0 bridgehead atoms. The average molecular weight is 315 g/mol. The summed E-state index contributed by atoms with van der Waals surface area (Å²) in [5.41, 5.74) is -0.983.